The van der Waals surface area contributed by atoms with Crippen molar-refractivity contribution in [1.29, 1.82) is 0 Å². The summed E-state index contributed by atoms with van der Waals surface area (Å²) in [5, 5.41) is 0.741. The standard InChI is InChI=1S/C13H15ClN2/c1-9(2)16-7-12(13(15)8-16)10-3-5-11(14)6-4-10/h3-9H,15H2,1-2H3. The fraction of sp³-hybridized carbons (Fsp3) is 0.231. The van der Waals surface area contributed by atoms with Gasteiger partial charge in [-0.2, -0.15) is 0 Å². The van der Waals surface area contributed by atoms with Crippen molar-refractivity contribution >= 4 is 17.3 Å². The van der Waals surface area contributed by atoms with Crippen LogP contribution in [0.15, 0.2) is 36.7 Å². The smallest absolute Gasteiger partial charge is 0.0573 e. The fourth-order valence-corrected chi connectivity index (χ4v) is 1.79. The number of hydrogen-bond acceptors (Lipinski definition) is 1. The van der Waals surface area contributed by atoms with Crippen molar-refractivity contribution in [2.75, 3.05) is 5.73 Å². The molecule has 1 aromatic carbocycles. The van der Waals surface area contributed by atoms with Crippen molar-refractivity contribution in [2.45, 2.75) is 19.9 Å². The molecular weight excluding hydrogens is 220 g/mol. The van der Waals surface area contributed by atoms with Crippen LogP contribution in [0.2, 0.25) is 5.02 Å². The molecular formula is C13H15ClN2. The Balaban J connectivity index is 2.44. The minimum atomic E-state index is 0.420. The zero-order valence-corrected chi connectivity index (χ0v) is 10.2. The van der Waals surface area contributed by atoms with E-state index in [0.29, 0.717) is 6.04 Å². The Morgan fingerprint density at radius 3 is 2.25 bits per heavy atom. The Kier molecular flexibility index (Phi) is 2.92. The minimum Gasteiger partial charge on any atom is -0.397 e. The maximum atomic E-state index is 6.00. The lowest BCUT2D eigenvalue weighted by Crippen LogP contribution is -1.95. The molecule has 0 fully saturated rings. The first kappa shape index (κ1) is 11.1. The van der Waals surface area contributed by atoms with E-state index in [2.05, 4.69) is 24.6 Å². The predicted octanol–water partition coefficient (Wildman–Crippen LogP) is 3.97. The molecule has 0 aliphatic rings. The first-order valence-corrected chi connectivity index (χ1v) is 5.68. The quantitative estimate of drug-likeness (QED) is 0.838. The van der Waals surface area contributed by atoms with Gasteiger partial charge in [0.2, 0.25) is 0 Å². The van der Waals surface area contributed by atoms with E-state index in [9.17, 15) is 0 Å². The van der Waals surface area contributed by atoms with Crippen LogP contribution in [-0.2, 0) is 0 Å². The molecule has 0 spiro atoms. The number of benzene rings is 1. The molecule has 16 heavy (non-hydrogen) atoms. The number of nitrogen functional groups attached to an aromatic ring is 1. The Bertz CT molecular complexity index is 483. The number of nitrogens with zero attached hydrogens (tertiary/aromatic N) is 1. The van der Waals surface area contributed by atoms with Gasteiger partial charge in [-0.25, -0.2) is 0 Å². The Morgan fingerprint density at radius 2 is 1.75 bits per heavy atom. The maximum absolute atomic E-state index is 6.00. The lowest BCUT2D eigenvalue weighted by Gasteiger charge is -2.05. The molecule has 2 rings (SSSR count). The molecule has 0 radical (unpaired) electrons. The summed E-state index contributed by atoms with van der Waals surface area (Å²) in [5.41, 5.74) is 8.96. The van der Waals surface area contributed by atoms with E-state index in [4.69, 9.17) is 17.3 Å². The van der Waals surface area contributed by atoms with Crippen LogP contribution in [0, 0.1) is 0 Å². The zero-order chi connectivity index (χ0) is 11.7. The molecule has 0 atom stereocenters. The average Bonchev–Trinajstić information content (AvgIpc) is 2.62. The van der Waals surface area contributed by atoms with Crippen molar-refractivity contribution < 1.29 is 0 Å². The van der Waals surface area contributed by atoms with E-state index in [1.54, 1.807) is 0 Å². The summed E-state index contributed by atoms with van der Waals surface area (Å²) in [4.78, 5) is 0. The minimum absolute atomic E-state index is 0.420. The summed E-state index contributed by atoms with van der Waals surface area (Å²) in [6, 6.07) is 8.15. The first-order chi connectivity index (χ1) is 7.58. The van der Waals surface area contributed by atoms with Crippen LogP contribution in [0.5, 0.6) is 0 Å². The van der Waals surface area contributed by atoms with E-state index in [1.807, 2.05) is 30.5 Å². The number of aromatic nitrogens is 1. The average molecular weight is 235 g/mol. The van der Waals surface area contributed by atoms with E-state index in [-0.39, 0.29) is 0 Å². The monoisotopic (exact) mass is 234 g/mol. The zero-order valence-electron chi connectivity index (χ0n) is 9.44. The highest BCUT2D eigenvalue weighted by molar-refractivity contribution is 6.30. The normalized spacial score (nSPS) is 11.0. The summed E-state index contributed by atoms with van der Waals surface area (Å²) < 4.78 is 2.11. The highest BCUT2D eigenvalue weighted by Gasteiger charge is 2.07. The van der Waals surface area contributed by atoms with Crippen molar-refractivity contribution in [1.82, 2.24) is 4.57 Å². The van der Waals surface area contributed by atoms with Gasteiger partial charge in [0.05, 0.1) is 5.69 Å². The van der Waals surface area contributed by atoms with Crippen LogP contribution in [-0.4, -0.2) is 4.57 Å². The van der Waals surface area contributed by atoms with Crippen LogP contribution in [0.25, 0.3) is 11.1 Å². The Labute approximate surface area is 101 Å². The highest BCUT2D eigenvalue weighted by Crippen LogP contribution is 2.29. The van der Waals surface area contributed by atoms with Crippen LogP contribution >= 0.6 is 11.6 Å². The van der Waals surface area contributed by atoms with Gasteiger partial charge in [0.15, 0.2) is 0 Å². The summed E-state index contributed by atoms with van der Waals surface area (Å²) in [6.45, 7) is 4.26. The second-order valence-corrected chi connectivity index (χ2v) is 4.61. The second kappa shape index (κ2) is 4.22. The van der Waals surface area contributed by atoms with Gasteiger partial charge in [-0.05, 0) is 31.5 Å². The van der Waals surface area contributed by atoms with Crippen molar-refractivity contribution in [2.24, 2.45) is 0 Å². The van der Waals surface area contributed by atoms with Crippen LogP contribution in [0.4, 0.5) is 5.69 Å². The molecule has 2 N–H and O–H groups in total. The molecule has 2 nitrogen and oxygen atoms in total. The lowest BCUT2D eigenvalue weighted by atomic mass is 10.1. The van der Waals surface area contributed by atoms with Crippen molar-refractivity contribution in [3.8, 4) is 11.1 Å². The van der Waals surface area contributed by atoms with Crippen LogP contribution in [0.1, 0.15) is 19.9 Å². The van der Waals surface area contributed by atoms with Crippen LogP contribution < -0.4 is 5.73 Å². The van der Waals surface area contributed by atoms with Crippen LogP contribution in [0.3, 0.4) is 0 Å². The van der Waals surface area contributed by atoms with Gasteiger partial charge in [0.1, 0.15) is 0 Å². The van der Waals surface area contributed by atoms with Crippen molar-refractivity contribution in [3.05, 3.63) is 41.7 Å². The van der Waals surface area contributed by atoms with Crippen molar-refractivity contribution in [3.63, 3.8) is 0 Å². The highest BCUT2D eigenvalue weighted by atomic mass is 35.5. The number of anilines is 1. The maximum Gasteiger partial charge on any atom is 0.0573 e. The largest absolute Gasteiger partial charge is 0.397 e. The number of rotatable bonds is 2. The molecule has 0 saturated heterocycles. The molecule has 0 amide bonds. The van der Waals surface area contributed by atoms with E-state index < -0.39 is 0 Å². The fourth-order valence-electron chi connectivity index (χ4n) is 1.66. The number of nitrogens with two attached hydrogens (primary N) is 1. The van der Waals surface area contributed by atoms with E-state index >= 15 is 0 Å². The molecule has 3 heteroatoms. The number of hydrogen-bond donors (Lipinski definition) is 1. The molecule has 0 saturated carbocycles. The molecule has 1 aromatic heterocycles. The Morgan fingerprint density at radius 1 is 1.12 bits per heavy atom. The van der Waals surface area contributed by atoms with E-state index in [0.717, 1.165) is 21.8 Å². The lowest BCUT2D eigenvalue weighted by molar-refractivity contribution is 0.604. The SMILES string of the molecule is CC(C)n1cc(N)c(-c2ccc(Cl)cc2)c1. The topological polar surface area (TPSA) is 30.9 Å². The van der Waals surface area contributed by atoms with Gasteiger partial charge in [0.25, 0.3) is 0 Å². The predicted molar refractivity (Wildman–Crippen MR) is 69.7 cm³/mol. The van der Waals surface area contributed by atoms with Gasteiger partial charge in [-0.3, -0.25) is 0 Å². The number of halogens is 1. The third-order valence-electron chi connectivity index (χ3n) is 2.63. The second-order valence-electron chi connectivity index (χ2n) is 4.18. The van der Waals surface area contributed by atoms with Gasteiger partial charge in [-0.1, -0.05) is 23.7 Å². The molecule has 0 bridgehead atoms. The molecule has 0 unspecified atom stereocenters. The molecule has 0 aliphatic heterocycles. The third kappa shape index (κ3) is 2.07. The summed E-state index contributed by atoms with van der Waals surface area (Å²) >= 11 is 5.86. The molecule has 84 valence electrons. The summed E-state index contributed by atoms with van der Waals surface area (Å²) in [5.74, 6) is 0. The van der Waals surface area contributed by atoms with Gasteiger partial charge in [0, 0.05) is 29.0 Å². The van der Waals surface area contributed by atoms with Gasteiger partial charge < -0.3 is 10.3 Å². The summed E-state index contributed by atoms with van der Waals surface area (Å²) in [6.07, 6.45) is 4.04. The molecule has 0 aliphatic carbocycles. The Hall–Kier alpha value is -1.41. The van der Waals surface area contributed by atoms with Gasteiger partial charge >= 0.3 is 0 Å². The molecule has 2 aromatic rings. The molecule has 1 heterocycles. The summed E-state index contributed by atoms with van der Waals surface area (Å²) in [7, 11) is 0. The first-order valence-electron chi connectivity index (χ1n) is 5.31. The van der Waals surface area contributed by atoms with Gasteiger partial charge in [-0.15, -0.1) is 0 Å². The third-order valence-corrected chi connectivity index (χ3v) is 2.88. The van der Waals surface area contributed by atoms with E-state index in [1.165, 1.54) is 0 Å².